The van der Waals surface area contributed by atoms with Gasteiger partial charge < -0.3 is 10.2 Å². The van der Waals surface area contributed by atoms with Crippen LogP contribution in [0.4, 0.5) is 0 Å². The highest BCUT2D eigenvalue weighted by Crippen LogP contribution is 2.16. The molecule has 0 radical (unpaired) electrons. The minimum atomic E-state index is -0.0901. The molecule has 110 valence electrons. The van der Waals surface area contributed by atoms with E-state index in [1.165, 1.54) is 0 Å². The summed E-state index contributed by atoms with van der Waals surface area (Å²) >= 11 is 0. The van der Waals surface area contributed by atoms with Gasteiger partial charge in [-0.15, -0.1) is 0 Å². The normalized spacial score (nSPS) is 20.5. The molecule has 1 aliphatic rings. The minimum absolute atomic E-state index is 0.0232. The third kappa shape index (κ3) is 3.82. The van der Waals surface area contributed by atoms with Crippen molar-refractivity contribution >= 4 is 11.8 Å². The Bertz CT molecular complexity index is 458. The lowest BCUT2D eigenvalue weighted by molar-refractivity contribution is -0.134. The van der Waals surface area contributed by atoms with Crippen LogP contribution in [0.5, 0.6) is 0 Å². The first kappa shape index (κ1) is 14.6. The minimum Gasteiger partial charge on any atom is -0.351 e. The van der Waals surface area contributed by atoms with Crippen LogP contribution in [0.2, 0.25) is 0 Å². The highest BCUT2D eigenvalue weighted by atomic mass is 16.2. The third-order valence-corrected chi connectivity index (χ3v) is 3.65. The van der Waals surface area contributed by atoms with Gasteiger partial charge in [0.15, 0.2) is 0 Å². The number of hydrogen-bond acceptors (Lipinski definition) is 3. The summed E-state index contributed by atoms with van der Waals surface area (Å²) in [6.07, 6.45) is 5.34. The van der Waals surface area contributed by atoms with Crippen molar-refractivity contribution in [2.45, 2.75) is 39.3 Å². The second-order valence-corrected chi connectivity index (χ2v) is 5.44. The van der Waals surface area contributed by atoms with Gasteiger partial charge in [-0.25, -0.2) is 0 Å². The van der Waals surface area contributed by atoms with E-state index >= 15 is 0 Å². The molecule has 0 aromatic carbocycles. The van der Waals surface area contributed by atoms with Gasteiger partial charge in [0.2, 0.25) is 11.8 Å². The SMILES string of the molecule is CC(=O)N1CCC[C@@H](C(=O)N[C@H](C)Cn2cccn2)C1. The van der Waals surface area contributed by atoms with Crippen LogP contribution in [-0.2, 0) is 16.1 Å². The van der Waals surface area contributed by atoms with Crippen LogP contribution < -0.4 is 5.32 Å². The average molecular weight is 278 g/mol. The highest BCUT2D eigenvalue weighted by Gasteiger charge is 2.27. The van der Waals surface area contributed by atoms with Crippen molar-refractivity contribution in [2.24, 2.45) is 5.92 Å². The van der Waals surface area contributed by atoms with Crippen molar-refractivity contribution in [3.05, 3.63) is 18.5 Å². The Hall–Kier alpha value is -1.85. The quantitative estimate of drug-likeness (QED) is 0.879. The van der Waals surface area contributed by atoms with E-state index in [1.807, 2.05) is 19.2 Å². The van der Waals surface area contributed by atoms with Gasteiger partial charge in [0.25, 0.3) is 0 Å². The maximum absolute atomic E-state index is 12.2. The summed E-state index contributed by atoms with van der Waals surface area (Å²) in [5, 5.41) is 7.13. The fourth-order valence-electron chi connectivity index (χ4n) is 2.57. The molecule has 0 bridgehead atoms. The predicted octanol–water partition coefficient (Wildman–Crippen LogP) is 0.646. The topological polar surface area (TPSA) is 67.2 Å². The van der Waals surface area contributed by atoms with E-state index in [0.29, 0.717) is 13.1 Å². The van der Waals surface area contributed by atoms with Crippen molar-refractivity contribution in [1.29, 1.82) is 0 Å². The Morgan fingerprint density at radius 3 is 2.95 bits per heavy atom. The second kappa shape index (κ2) is 6.54. The van der Waals surface area contributed by atoms with Crippen LogP contribution in [0.25, 0.3) is 0 Å². The molecule has 2 amide bonds. The number of carbonyl (C=O) groups excluding carboxylic acids is 2. The van der Waals surface area contributed by atoms with E-state index in [2.05, 4.69) is 10.4 Å². The molecule has 0 spiro atoms. The molecule has 1 aromatic heterocycles. The Kier molecular flexibility index (Phi) is 4.76. The number of likely N-dealkylation sites (tertiary alicyclic amines) is 1. The molecule has 1 N–H and O–H groups in total. The molecule has 20 heavy (non-hydrogen) atoms. The van der Waals surface area contributed by atoms with Crippen molar-refractivity contribution in [3.63, 3.8) is 0 Å². The fourth-order valence-corrected chi connectivity index (χ4v) is 2.57. The first-order valence-corrected chi connectivity index (χ1v) is 7.09. The first-order valence-electron chi connectivity index (χ1n) is 7.09. The van der Waals surface area contributed by atoms with Gasteiger partial charge in [-0.05, 0) is 25.8 Å². The molecular weight excluding hydrogens is 256 g/mol. The van der Waals surface area contributed by atoms with Gasteiger partial charge in [0.05, 0.1) is 12.5 Å². The number of carbonyl (C=O) groups is 2. The van der Waals surface area contributed by atoms with E-state index < -0.39 is 0 Å². The van der Waals surface area contributed by atoms with Crippen LogP contribution in [0.15, 0.2) is 18.5 Å². The number of hydrogen-bond donors (Lipinski definition) is 1. The van der Waals surface area contributed by atoms with E-state index in [0.717, 1.165) is 19.4 Å². The Morgan fingerprint density at radius 1 is 1.50 bits per heavy atom. The molecule has 0 aliphatic carbocycles. The van der Waals surface area contributed by atoms with E-state index in [9.17, 15) is 9.59 Å². The third-order valence-electron chi connectivity index (χ3n) is 3.65. The number of rotatable bonds is 4. The number of nitrogens with zero attached hydrogens (tertiary/aromatic N) is 3. The average Bonchev–Trinajstić information content (AvgIpc) is 2.91. The molecule has 0 unspecified atom stereocenters. The Labute approximate surface area is 119 Å². The highest BCUT2D eigenvalue weighted by molar-refractivity contribution is 5.80. The molecule has 2 heterocycles. The number of amides is 2. The van der Waals surface area contributed by atoms with E-state index in [1.54, 1.807) is 22.7 Å². The molecule has 1 aliphatic heterocycles. The maximum atomic E-state index is 12.2. The summed E-state index contributed by atoms with van der Waals surface area (Å²) in [6.45, 7) is 5.48. The van der Waals surface area contributed by atoms with Crippen LogP contribution in [0, 0.1) is 5.92 Å². The van der Waals surface area contributed by atoms with E-state index in [4.69, 9.17) is 0 Å². The number of piperidine rings is 1. The Balaban J connectivity index is 1.83. The summed E-state index contributed by atoms with van der Waals surface area (Å²) in [7, 11) is 0. The molecule has 0 saturated carbocycles. The lowest BCUT2D eigenvalue weighted by Gasteiger charge is -2.31. The van der Waals surface area contributed by atoms with Gasteiger partial charge in [0.1, 0.15) is 0 Å². The summed E-state index contributed by atoms with van der Waals surface area (Å²) in [5.41, 5.74) is 0. The molecule has 1 saturated heterocycles. The van der Waals surface area contributed by atoms with Crippen LogP contribution >= 0.6 is 0 Å². The van der Waals surface area contributed by atoms with Crippen LogP contribution in [-0.4, -0.2) is 45.6 Å². The lowest BCUT2D eigenvalue weighted by Crippen LogP contribution is -2.47. The van der Waals surface area contributed by atoms with Crippen molar-refractivity contribution in [2.75, 3.05) is 13.1 Å². The monoisotopic (exact) mass is 278 g/mol. The molecule has 6 nitrogen and oxygen atoms in total. The van der Waals surface area contributed by atoms with Gasteiger partial charge in [0, 0.05) is 38.4 Å². The van der Waals surface area contributed by atoms with E-state index in [-0.39, 0.29) is 23.8 Å². The van der Waals surface area contributed by atoms with Gasteiger partial charge in [-0.1, -0.05) is 0 Å². The molecular formula is C14H22N4O2. The van der Waals surface area contributed by atoms with Crippen molar-refractivity contribution in [3.8, 4) is 0 Å². The van der Waals surface area contributed by atoms with Gasteiger partial charge in [-0.2, -0.15) is 5.10 Å². The largest absolute Gasteiger partial charge is 0.351 e. The Morgan fingerprint density at radius 2 is 2.30 bits per heavy atom. The zero-order valence-corrected chi connectivity index (χ0v) is 12.1. The second-order valence-electron chi connectivity index (χ2n) is 5.44. The number of nitrogens with one attached hydrogen (secondary N) is 1. The lowest BCUT2D eigenvalue weighted by atomic mass is 9.97. The van der Waals surface area contributed by atoms with Gasteiger partial charge in [-0.3, -0.25) is 14.3 Å². The van der Waals surface area contributed by atoms with Crippen LogP contribution in [0.3, 0.4) is 0 Å². The first-order chi connectivity index (χ1) is 9.56. The van der Waals surface area contributed by atoms with Crippen LogP contribution in [0.1, 0.15) is 26.7 Å². The molecule has 1 fully saturated rings. The van der Waals surface area contributed by atoms with Crippen molar-refractivity contribution < 1.29 is 9.59 Å². The molecule has 2 rings (SSSR count). The molecule has 6 heteroatoms. The fraction of sp³-hybridized carbons (Fsp3) is 0.643. The summed E-state index contributed by atoms with van der Waals surface area (Å²) in [5.74, 6) is -0.00424. The van der Waals surface area contributed by atoms with Crippen molar-refractivity contribution in [1.82, 2.24) is 20.0 Å². The van der Waals surface area contributed by atoms with Gasteiger partial charge >= 0.3 is 0 Å². The summed E-state index contributed by atoms with van der Waals surface area (Å²) in [6, 6.07) is 1.88. The standard InChI is InChI=1S/C14H22N4O2/c1-11(9-18-8-4-6-15-18)16-14(20)13-5-3-7-17(10-13)12(2)19/h4,6,8,11,13H,3,5,7,9-10H2,1-2H3,(H,16,20)/t11-,13-/m1/s1. The zero-order chi connectivity index (χ0) is 14.5. The zero-order valence-electron chi connectivity index (χ0n) is 12.1. The number of aromatic nitrogens is 2. The predicted molar refractivity (Wildman–Crippen MR) is 74.8 cm³/mol. The smallest absolute Gasteiger partial charge is 0.225 e. The molecule has 1 aromatic rings. The maximum Gasteiger partial charge on any atom is 0.225 e. The molecule has 2 atom stereocenters. The summed E-state index contributed by atoms with van der Waals surface area (Å²) in [4.78, 5) is 25.4. The summed E-state index contributed by atoms with van der Waals surface area (Å²) < 4.78 is 1.80.